The number of nitrogens with one attached hydrogen (secondary N) is 1. The fourth-order valence-corrected chi connectivity index (χ4v) is 3.28. The summed E-state index contributed by atoms with van der Waals surface area (Å²) in [7, 11) is 0. The molecule has 4 nitrogen and oxygen atoms in total. The van der Waals surface area contributed by atoms with E-state index in [4.69, 9.17) is 0 Å². The molecule has 5 heteroatoms. The molecule has 1 N–H and O–H groups in total. The number of hydrogen-bond acceptors (Lipinski definition) is 3. The van der Waals surface area contributed by atoms with Gasteiger partial charge in [0.15, 0.2) is 0 Å². The van der Waals surface area contributed by atoms with Crippen LogP contribution in [0.15, 0.2) is 11.4 Å². The molecule has 1 aromatic heterocycles. The summed E-state index contributed by atoms with van der Waals surface area (Å²) in [5, 5.41) is 4.89. The normalized spacial score (nSPS) is 19.5. The molecule has 1 fully saturated rings. The Labute approximate surface area is 124 Å². The van der Waals surface area contributed by atoms with Crippen molar-refractivity contribution in [2.75, 3.05) is 13.1 Å². The van der Waals surface area contributed by atoms with Crippen molar-refractivity contribution in [2.24, 2.45) is 5.41 Å². The SMILES string of the molecule is Cc1ccsc1C(=O)NC1CC(=O)N(CC(C)(C)C)C1. The lowest BCUT2D eigenvalue weighted by molar-refractivity contribution is -0.128. The summed E-state index contributed by atoms with van der Waals surface area (Å²) < 4.78 is 0. The Kier molecular flexibility index (Phi) is 4.18. The van der Waals surface area contributed by atoms with Gasteiger partial charge in [0.05, 0.1) is 10.9 Å². The molecule has 0 radical (unpaired) electrons. The van der Waals surface area contributed by atoms with Crippen molar-refractivity contribution in [2.45, 2.75) is 40.2 Å². The monoisotopic (exact) mass is 294 g/mol. The molecular weight excluding hydrogens is 272 g/mol. The van der Waals surface area contributed by atoms with Crippen LogP contribution < -0.4 is 5.32 Å². The summed E-state index contributed by atoms with van der Waals surface area (Å²) in [5.41, 5.74) is 1.07. The van der Waals surface area contributed by atoms with Crippen molar-refractivity contribution >= 4 is 23.2 Å². The molecule has 0 bridgehead atoms. The van der Waals surface area contributed by atoms with E-state index in [1.54, 1.807) is 0 Å². The fraction of sp³-hybridized carbons (Fsp3) is 0.600. The molecule has 2 heterocycles. The Morgan fingerprint density at radius 2 is 2.20 bits per heavy atom. The van der Waals surface area contributed by atoms with E-state index in [1.807, 2.05) is 23.3 Å². The van der Waals surface area contributed by atoms with Crippen LogP contribution in [0.3, 0.4) is 0 Å². The summed E-state index contributed by atoms with van der Waals surface area (Å²) in [6, 6.07) is 1.87. The Balaban J connectivity index is 1.94. The molecule has 1 saturated heterocycles. The zero-order valence-corrected chi connectivity index (χ0v) is 13.3. The summed E-state index contributed by atoms with van der Waals surface area (Å²) >= 11 is 1.44. The summed E-state index contributed by atoms with van der Waals surface area (Å²) in [6.07, 6.45) is 0.409. The maximum absolute atomic E-state index is 12.2. The first-order valence-corrected chi connectivity index (χ1v) is 7.77. The number of aryl methyl sites for hydroxylation is 1. The zero-order valence-electron chi connectivity index (χ0n) is 12.5. The lowest BCUT2D eigenvalue weighted by Crippen LogP contribution is -2.39. The van der Waals surface area contributed by atoms with Crippen LogP contribution in [0, 0.1) is 12.3 Å². The number of likely N-dealkylation sites (tertiary alicyclic amines) is 1. The minimum absolute atomic E-state index is 0.0621. The Hall–Kier alpha value is -1.36. The van der Waals surface area contributed by atoms with Crippen molar-refractivity contribution in [1.29, 1.82) is 0 Å². The van der Waals surface area contributed by atoms with Crippen molar-refractivity contribution in [3.8, 4) is 0 Å². The van der Waals surface area contributed by atoms with Crippen LogP contribution in [-0.4, -0.2) is 35.8 Å². The Bertz CT molecular complexity index is 516. The van der Waals surface area contributed by atoms with E-state index in [0.29, 0.717) is 13.0 Å². The van der Waals surface area contributed by atoms with Crippen LogP contribution in [0.25, 0.3) is 0 Å². The summed E-state index contributed by atoms with van der Waals surface area (Å²) in [5.74, 6) is 0.0704. The maximum atomic E-state index is 12.2. The number of amides is 2. The van der Waals surface area contributed by atoms with Gasteiger partial charge in [0, 0.05) is 19.5 Å². The molecule has 1 aliphatic heterocycles. The van der Waals surface area contributed by atoms with Crippen LogP contribution in [-0.2, 0) is 4.79 Å². The molecule has 1 aromatic rings. The molecule has 1 atom stereocenters. The van der Waals surface area contributed by atoms with Gasteiger partial charge in [-0.05, 0) is 29.3 Å². The van der Waals surface area contributed by atoms with Gasteiger partial charge in [-0.1, -0.05) is 20.8 Å². The molecule has 110 valence electrons. The molecule has 1 unspecified atom stereocenters. The number of carbonyl (C=O) groups excluding carboxylic acids is 2. The average Bonchev–Trinajstić information content (AvgIpc) is 2.84. The van der Waals surface area contributed by atoms with E-state index in [1.165, 1.54) is 11.3 Å². The maximum Gasteiger partial charge on any atom is 0.261 e. The van der Waals surface area contributed by atoms with Gasteiger partial charge >= 0.3 is 0 Å². The van der Waals surface area contributed by atoms with Gasteiger partial charge < -0.3 is 10.2 Å². The lowest BCUT2D eigenvalue weighted by atomic mass is 9.96. The quantitative estimate of drug-likeness (QED) is 0.931. The summed E-state index contributed by atoms with van der Waals surface area (Å²) in [4.78, 5) is 26.7. The third-order valence-electron chi connectivity index (χ3n) is 3.28. The largest absolute Gasteiger partial charge is 0.346 e. The average molecular weight is 294 g/mol. The van der Waals surface area contributed by atoms with Gasteiger partial charge in [0.2, 0.25) is 5.91 Å². The smallest absolute Gasteiger partial charge is 0.261 e. The van der Waals surface area contributed by atoms with E-state index < -0.39 is 0 Å². The number of carbonyl (C=O) groups is 2. The number of thiophene rings is 1. The van der Waals surface area contributed by atoms with E-state index in [-0.39, 0.29) is 23.3 Å². The fourth-order valence-electron chi connectivity index (χ4n) is 2.45. The van der Waals surface area contributed by atoms with Crippen LogP contribution in [0.4, 0.5) is 0 Å². The van der Waals surface area contributed by atoms with Crippen molar-refractivity contribution in [1.82, 2.24) is 10.2 Å². The summed E-state index contributed by atoms with van der Waals surface area (Å²) in [6.45, 7) is 9.61. The highest BCUT2D eigenvalue weighted by atomic mass is 32.1. The molecule has 0 spiro atoms. The van der Waals surface area contributed by atoms with Gasteiger partial charge in [-0.25, -0.2) is 0 Å². The minimum atomic E-state index is -0.0705. The molecular formula is C15H22N2O2S. The molecule has 0 saturated carbocycles. The second-order valence-corrected chi connectivity index (χ2v) is 7.56. The third-order valence-corrected chi connectivity index (χ3v) is 4.30. The predicted molar refractivity (Wildman–Crippen MR) is 81.0 cm³/mol. The molecule has 1 aliphatic rings. The predicted octanol–water partition coefficient (Wildman–Crippen LogP) is 2.43. The lowest BCUT2D eigenvalue weighted by Gasteiger charge is -2.26. The van der Waals surface area contributed by atoms with E-state index >= 15 is 0 Å². The highest BCUT2D eigenvalue weighted by Crippen LogP contribution is 2.21. The second kappa shape index (κ2) is 5.56. The Morgan fingerprint density at radius 3 is 2.75 bits per heavy atom. The van der Waals surface area contributed by atoms with Gasteiger partial charge in [0.25, 0.3) is 5.91 Å². The third kappa shape index (κ3) is 3.60. The van der Waals surface area contributed by atoms with E-state index in [0.717, 1.165) is 17.0 Å². The van der Waals surface area contributed by atoms with Crippen molar-refractivity contribution < 1.29 is 9.59 Å². The standard InChI is InChI=1S/C15H22N2O2S/c1-10-5-6-20-13(10)14(19)16-11-7-12(18)17(8-11)9-15(2,3)4/h5-6,11H,7-9H2,1-4H3,(H,16,19). The zero-order chi connectivity index (χ0) is 14.9. The molecule has 2 amide bonds. The highest BCUT2D eigenvalue weighted by Gasteiger charge is 2.33. The number of hydrogen-bond donors (Lipinski definition) is 1. The van der Waals surface area contributed by atoms with E-state index in [9.17, 15) is 9.59 Å². The van der Waals surface area contributed by atoms with Crippen molar-refractivity contribution in [3.63, 3.8) is 0 Å². The van der Waals surface area contributed by atoms with E-state index in [2.05, 4.69) is 26.1 Å². The van der Waals surface area contributed by atoms with Crippen LogP contribution in [0.5, 0.6) is 0 Å². The van der Waals surface area contributed by atoms with Gasteiger partial charge in [-0.3, -0.25) is 9.59 Å². The topological polar surface area (TPSA) is 49.4 Å². The first kappa shape index (κ1) is 15.0. The van der Waals surface area contributed by atoms with Crippen LogP contribution in [0.1, 0.15) is 42.4 Å². The first-order chi connectivity index (χ1) is 9.26. The second-order valence-electron chi connectivity index (χ2n) is 6.64. The highest BCUT2D eigenvalue weighted by molar-refractivity contribution is 7.12. The molecule has 2 rings (SSSR count). The number of nitrogens with zero attached hydrogens (tertiary/aromatic N) is 1. The van der Waals surface area contributed by atoms with Gasteiger partial charge in [0.1, 0.15) is 0 Å². The molecule has 20 heavy (non-hydrogen) atoms. The van der Waals surface area contributed by atoms with Gasteiger partial charge in [-0.15, -0.1) is 11.3 Å². The van der Waals surface area contributed by atoms with Crippen LogP contribution in [0.2, 0.25) is 0 Å². The van der Waals surface area contributed by atoms with Crippen LogP contribution >= 0.6 is 11.3 Å². The number of rotatable bonds is 3. The Morgan fingerprint density at radius 1 is 1.50 bits per heavy atom. The van der Waals surface area contributed by atoms with Crippen molar-refractivity contribution in [3.05, 3.63) is 21.9 Å². The first-order valence-electron chi connectivity index (χ1n) is 6.89. The molecule has 0 aromatic carbocycles. The van der Waals surface area contributed by atoms with Gasteiger partial charge in [-0.2, -0.15) is 0 Å². The molecule has 0 aliphatic carbocycles. The minimum Gasteiger partial charge on any atom is -0.346 e.